The first kappa shape index (κ1) is 12.6. The fraction of sp³-hybridized carbons (Fsp3) is 0.182. The first-order valence-corrected chi connectivity index (χ1v) is 6.76. The maximum absolute atomic E-state index is 12.2. The van der Waals surface area contributed by atoms with E-state index in [1.807, 2.05) is 0 Å². The molecule has 0 radical (unpaired) electrons. The van der Waals surface area contributed by atoms with Crippen LogP contribution in [-0.2, 0) is 16.6 Å². The fourth-order valence-electron chi connectivity index (χ4n) is 1.52. The number of H-pyrrole nitrogens is 1. The van der Waals surface area contributed by atoms with Crippen molar-refractivity contribution >= 4 is 15.7 Å². The van der Waals surface area contributed by atoms with E-state index in [9.17, 15) is 8.42 Å². The van der Waals surface area contributed by atoms with Crippen molar-refractivity contribution in [2.24, 2.45) is 5.73 Å². The molecule has 0 atom stereocenters. The van der Waals surface area contributed by atoms with Gasteiger partial charge in [0.25, 0.3) is 10.0 Å². The zero-order valence-electron chi connectivity index (χ0n) is 9.87. The van der Waals surface area contributed by atoms with Gasteiger partial charge in [-0.2, -0.15) is 5.10 Å². The van der Waals surface area contributed by atoms with Gasteiger partial charge in [-0.1, -0.05) is 12.1 Å². The van der Waals surface area contributed by atoms with E-state index >= 15 is 0 Å². The van der Waals surface area contributed by atoms with E-state index in [1.165, 1.54) is 23.7 Å². The lowest BCUT2D eigenvalue weighted by atomic mass is 10.2. The van der Waals surface area contributed by atoms with Crippen LogP contribution in [0.5, 0.6) is 0 Å². The number of nitrogens with one attached hydrogen (secondary N) is 1. The molecule has 1 aromatic carbocycles. The van der Waals surface area contributed by atoms with Crippen LogP contribution in [0.4, 0.5) is 5.69 Å². The normalized spacial score (nSPS) is 11.4. The Hall–Kier alpha value is -1.86. The lowest BCUT2D eigenvalue weighted by Gasteiger charge is -2.18. The van der Waals surface area contributed by atoms with Gasteiger partial charge in [-0.3, -0.25) is 9.40 Å². The van der Waals surface area contributed by atoms with Gasteiger partial charge < -0.3 is 5.73 Å². The molecule has 18 heavy (non-hydrogen) atoms. The number of nitrogens with zero attached hydrogens (tertiary/aromatic N) is 2. The first-order valence-electron chi connectivity index (χ1n) is 5.32. The average Bonchev–Trinajstić information content (AvgIpc) is 2.92. The Kier molecular flexibility index (Phi) is 3.35. The molecule has 0 unspecified atom stereocenters. The molecule has 96 valence electrons. The Bertz CT molecular complexity index is 605. The van der Waals surface area contributed by atoms with Crippen LogP contribution in [0.3, 0.4) is 0 Å². The Morgan fingerprint density at radius 2 is 2.00 bits per heavy atom. The van der Waals surface area contributed by atoms with E-state index in [1.54, 1.807) is 24.3 Å². The molecule has 2 aromatic rings. The van der Waals surface area contributed by atoms with Crippen molar-refractivity contribution in [3.8, 4) is 0 Å². The quantitative estimate of drug-likeness (QED) is 0.851. The number of hydrogen-bond acceptors (Lipinski definition) is 4. The third kappa shape index (κ3) is 2.22. The van der Waals surface area contributed by atoms with Crippen LogP contribution in [0.2, 0.25) is 0 Å². The topological polar surface area (TPSA) is 92.1 Å². The standard InChI is InChI=1S/C11H14N4O2S/c1-15(10-4-2-9(6-12)3-5-10)18(16,17)11-7-13-14-8-11/h2-5,7-8H,6,12H2,1H3,(H,13,14). The molecule has 1 heterocycles. The van der Waals surface area contributed by atoms with Crippen molar-refractivity contribution < 1.29 is 8.42 Å². The molecule has 1 aromatic heterocycles. The molecule has 0 aliphatic heterocycles. The zero-order valence-corrected chi connectivity index (χ0v) is 10.7. The number of anilines is 1. The maximum atomic E-state index is 12.2. The highest BCUT2D eigenvalue weighted by molar-refractivity contribution is 7.92. The van der Waals surface area contributed by atoms with Crippen molar-refractivity contribution in [1.82, 2.24) is 10.2 Å². The summed E-state index contributed by atoms with van der Waals surface area (Å²) in [5, 5.41) is 6.13. The first-order chi connectivity index (χ1) is 8.55. The van der Waals surface area contributed by atoms with Crippen molar-refractivity contribution in [3.63, 3.8) is 0 Å². The van der Waals surface area contributed by atoms with Gasteiger partial charge in [0, 0.05) is 19.8 Å². The van der Waals surface area contributed by atoms with Crippen LogP contribution in [-0.4, -0.2) is 25.7 Å². The molecule has 0 aliphatic rings. The predicted octanol–water partition coefficient (Wildman–Crippen LogP) is 0.694. The number of sulfonamides is 1. The van der Waals surface area contributed by atoms with Crippen LogP contribution < -0.4 is 10.0 Å². The van der Waals surface area contributed by atoms with E-state index in [2.05, 4.69) is 10.2 Å². The van der Waals surface area contributed by atoms with Crippen LogP contribution >= 0.6 is 0 Å². The van der Waals surface area contributed by atoms with E-state index < -0.39 is 10.0 Å². The van der Waals surface area contributed by atoms with Gasteiger partial charge in [0.2, 0.25) is 0 Å². The van der Waals surface area contributed by atoms with Gasteiger partial charge in [-0.15, -0.1) is 0 Å². The molecular weight excluding hydrogens is 252 g/mol. The number of rotatable bonds is 4. The summed E-state index contributed by atoms with van der Waals surface area (Å²) in [6.45, 7) is 0.429. The molecular formula is C11H14N4O2S. The van der Waals surface area contributed by atoms with Crippen LogP contribution in [0, 0.1) is 0 Å². The molecule has 0 spiro atoms. The van der Waals surface area contributed by atoms with Crippen LogP contribution in [0.1, 0.15) is 5.56 Å². The number of aromatic nitrogens is 2. The Labute approximate surface area is 105 Å². The second kappa shape index (κ2) is 4.79. The Morgan fingerprint density at radius 3 is 2.50 bits per heavy atom. The minimum atomic E-state index is -3.56. The smallest absolute Gasteiger partial charge is 0.267 e. The van der Waals surface area contributed by atoms with Crippen molar-refractivity contribution in [2.45, 2.75) is 11.4 Å². The Morgan fingerprint density at radius 1 is 1.33 bits per heavy atom. The van der Waals surface area contributed by atoms with E-state index in [4.69, 9.17) is 5.73 Å². The summed E-state index contributed by atoms with van der Waals surface area (Å²) in [5.41, 5.74) is 7.02. The zero-order chi connectivity index (χ0) is 13.2. The molecule has 2 rings (SSSR count). The van der Waals surface area contributed by atoms with Gasteiger partial charge >= 0.3 is 0 Å². The Balaban J connectivity index is 2.33. The minimum Gasteiger partial charge on any atom is -0.326 e. The van der Waals surface area contributed by atoms with Crippen molar-refractivity contribution in [2.75, 3.05) is 11.4 Å². The van der Waals surface area contributed by atoms with Gasteiger partial charge in [-0.05, 0) is 17.7 Å². The average molecular weight is 266 g/mol. The second-order valence-electron chi connectivity index (χ2n) is 3.78. The number of benzene rings is 1. The highest BCUT2D eigenvalue weighted by Crippen LogP contribution is 2.21. The molecule has 0 aliphatic carbocycles. The number of hydrogen-bond donors (Lipinski definition) is 2. The molecule has 0 saturated carbocycles. The highest BCUT2D eigenvalue weighted by Gasteiger charge is 2.21. The molecule has 0 fully saturated rings. The largest absolute Gasteiger partial charge is 0.326 e. The molecule has 0 bridgehead atoms. The lowest BCUT2D eigenvalue weighted by molar-refractivity contribution is 0.594. The van der Waals surface area contributed by atoms with Crippen LogP contribution in [0.25, 0.3) is 0 Å². The minimum absolute atomic E-state index is 0.132. The maximum Gasteiger partial charge on any atom is 0.267 e. The summed E-state index contributed by atoms with van der Waals surface area (Å²) < 4.78 is 25.6. The molecule has 3 N–H and O–H groups in total. The summed E-state index contributed by atoms with van der Waals surface area (Å²) in [4.78, 5) is 0.132. The summed E-state index contributed by atoms with van der Waals surface area (Å²) in [7, 11) is -2.06. The lowest BCUT2D eigenvalue weighted by Crippen LogP contribution is -2.26. The monoisotopic (exact) mass is 266 g/mol. The number of nitrogens with two attached hydrogens (primary N) is 1. The van der Waals surface area contributed by atoms with E-state index in [0.717, 1.165) is 5.56 Å². The number of aromatic amines is 1. The predicted molar refractivity (Wildman–Crippen MR) is 68.5 cm³/mol. The van der Waals surface area contributed by atoms with Crippen molar-refractivity contribution in [3.05, 3.63) is 42.2 Å². The fourth-order valence-corrected chi connectivity index (χ4v) is 2.62. The van der Waals surface area contributed by atoms with E-state index in [-0.39, 0.29) is 4.90 Å². The van der Waals surface area contributed by atoms with Crippen LogP contribution in [0.15, 0.2) is 41.6 Å². The molecule has 0 amide bonds. The van der Waals surface area contributed by atoms with Crippen molar-refractivity contribution in [1.29, 1.82) is 0 Å². The van der Waals surface area contributed by atoms with Gasteiger partial charge in [0.15, 0.2) is 0 Å². The summed E-state index contributed by atoms with van der Waals surface area (Å²) in [6.07, 6.45) is 2.63. The molecule has 0 saturated heterocycles. The second-order valence-corrected chi connectivity index (χ2v) is 5.75. The van der Waals surface area contributed by atoms with Gasteiger partial charge in [0.1, 0.15) is 4.90 Å². The SMILES string of the molecule is CN(c1ccc(CN)cc1)S(=O)(=O)c1cn[nH]c1. The van der Waals surface area contributed by atoms with Gasteiger partial charge in [-0.25, -0.2) is 8.42 Å². The summed E-state index contributed by atoms with van der Waals surface area (Å²) in [6, 6.07) is 7.05. The summed E-state index contributed by atoms with van der Waals surface area (Å²) >= 11 is 0. The third-order valence-corrected chi connectivity index (χ3v) is 4.42. The highest BCUT2D eigenvalue weighted by atomic mass is 32.2. The van der Waals surface area contributed by atoms with E-state index in [0.29, 0.717) is 12.2 Å². The summed E-state index contributed by atoms with van der Waals surface area (Å²) in [5.74, 6) is 0. The third-order valence-electron chi connectivity index (χ3n) is 2.67. The molecule has 7 heteroatoms. The molecule has 6 nitrogen and oxygen atoms in total. The van der Waals surface area contributed by atoms with Gasteiger partial charge in [0.05, 0.1) is 11.9 Å².